The molecule has 1 amide bonds. The highest BCUT2D eigenvalue weighted by Crippen LogP contribution is 2.28. The molecule has 0 bridgehead atoms. The Bertz CT molecular complexity index is 458. The highest BCUT2D eigenvalue weighted by Gasteiger charge is 2.22. The first-order valence-corrected chi connectivity index (χ1v) is 7.25. The molecule has 0 spiro atoms. The number of amides is 1. The second kappa shape index (κ2) is 6.39. The number of ether oxygens (including phenoxy) is 1. The molecule has 0 radical (unpaired) electrons. The zero-order valence-corrected chi connectivity index (χ0v) is 12.4. The average Bonchev–Trinajstić information content (AvgIpc) is 3.14. The molecule has 1 aromatic rings. The SMILES string of the molecule is C[C@H](O)c1cc(Br)ccc1OCCC(=O)NC1CC1. The van der Waals surface area contributed by atoms with Crippen LogP contribution in [0.5, 0.6) is 5.75 Å². The third-order valence-electron chi connectivity index (χ3n) is 2.95. The van der Waals surface area contributed by atoms with Gasteiger partial charge < -0.3 is 15.2 Å². The van der Waals surface area contributed by atoms with E-state index in [1.54, 1.807) is 13.0 Å². The van der Waals surface area contributed by atoms with E-state index in [0.717, 1.165) is 22.9 Å². The first kappa shape index (κ1) is 14.3. The fourth-order valence-electron chi connectivity index (χ4n) is 1.76. The summed E-state index contributed by atoms with van der Waals surface area (Å²) >= 11 is 3.36. The molecule has 0 aromatic heterocycles. The van der Waals surface area contributed by atoms with Crippen LogP contribution >= 0.6 is 15.9 Å². The van der Waals surface area contributed by atoms with Gasteiger partial charge in [-0.3, -0.25) is 4.79 Å². The summed E-state index contributed by atoms with van der Waals surface area (Å²) in [7, 11) is 0. The molecule has 2 rings (SSSR count). The van der Waals surface area contributed by atoms with Crippen LogP contribution in [0.3, 0.4) is 0 Å². The molecule has 0 aliphatic heterocycles. The molecule has 1 fully saturated rings. The molecular weight excluding hydrogens is 310 g/mol. The third kappa shape index (κ3) is 4.51. The van der Waals surface area contributed by atoms with Crippen LogP contribution in [-0.4, -0.2) is 23.7 Å². The van der Waals surface area contributed by atoms with E-state index < -0.39 is 6.10 Å². The number of carbonyl (C=O) groups excluding carboxylic acids is 1. The maximum absolute atomic E-state index is 11.5. The second-order valence-electron chi connectivity index (χ2n) is 4.80. The Hall–Kier alpha value is -1.07. The fraction of sp³-hybridized carbons (Fsp3) is 0.500. The number of hydrogen-bond acceptors (Lipinski definition) is 3. The maximum atomic E-state index is 11.5. The number of aliphatic hydroxyl groups excluding tert-OH is 1. The lowest BCUT2D eigenvalue weighted by atomic mass is 10.1. The van der Waals surface area contributed by atoms with E-state index >= 15 is 0 Å². The largest absolute Gasteiger partial charge is 0.493 e. The lowest BCUT2D eigenvalue weighted by Crippen LogP contribution is -2.26. The van der Waals surface area contributed by atoms with Crippen molar-refractivity contribution in [2.24, 2.45) is 0 Å². The number of benzene rings is 1. The van der Waals surface area contributed by atoms with Crippen molar-refractivity contribution in [1.82, 2.24) is 5.32 Å². The van der Waals surface area contributed by atoms with Gasteiger partial charge in [-0.1, -0.05) is 15.9 Å². The molecule has 19 heavy (non-hydrogen) atoms. The highest BCUT2D eigenvalue weighted by molar-refractivity contribution is 9.10. The van der Waals surface area contributed by atoms with Crippen LogP contribution < -0.4 is 10.1 Å². The molecular formula is C14H18BrNO3. The highest BCUT2D eigenvalue weighted by atomic mass is 79.9. The van der Waals surface area contributed by atoms with Gasteiger partial charge in [-0.15, -0.1) is 0 Å². The van der Waals surface area contributed by atoms with Crippen LogP contribution in [0.25, 0.3) is 0 Å². The number of carbonyl (C=O) groups is 1. The van der Waals surface area contributed by atoms with Gasteiger partial charge in [0.25, 0.3) is 0 Å². The van der Waals surface area contributed by atoms with E-state index in [-0.39, 0.29) is 5.91 Å². The average molecular weight is 328 g/mol. The van der Waals surface area contributed by atoms with E-state index in [9.17, 15) is 9.90 Å². The lowest BCUT2D eigenvalue weighted by Gasteiger charge is -2.13. The topological polar surface area (TPSA) is 58.6 Å². The van der Waals surface area contributed by atoms with Crippen LogP contribution in [0, 0.1) is 0 Å². The maximum Gasteiger partial charge on any atom is 0.223 e. The summed E-state index contributed by atoms with van der Waals surface area (Å²) in [6.07, 6.45) is 1.91. The minimum atomic E-state index is -0.604. The summed E-state index contributed by atoms with van der Waals surface area (Å²) in [5.41, 5.74) is 0.719. The van der Waals surface area contributed by atoms with E-state index in [1.807, 2.05) is 12.1 Å². The minimum Gasteiger partial charge on any atom is -0.493 e. The van der Waals surface area contributed by atoms with Crippen LogP contribution in [-0.2, 0) is 4.79 Å². The van der Waals surface area contributed by atoms with Gasteiger partial charge in [0.2, 0.25) is 5.91 Å². The Morgan fingerprint density at radius 1 is 1.58 bits per heavy atom. The van der Waals surface area contributed by atoms with Gasteiger partial charge in [-0.2, -0.15) is 0 Å². The zero-order chi connectivity index (χ0) is 13.8. The van der Waals surface area contributed by atoms with E-state index in [0.29, 0.717) is 24.8 Å². The quantitative estimate of drug-likeness (QED) is 0.844. The Morgan fingerprint density at radius 3 is 2.95 bits per heavy atom. The number of hydrogen-bond donors (Lipinski definition) is 2. The molecule has 1 aromatic carbocycles. The molecule has 1 saturated carbocycles. The lowest BCUT2D eigenvalue weighted by molar-refractivity contribution is -0.121. The Labute approximate surface area is 121 Å². The van der Waals surface area contributed by atoms with Crippen molar-refractivity contribution < 1.29 is 14.6 Å². The normalized spacial score (nSPS) is 15.9. The zero-order valence-electron chi connectivity index (χ0n) is 10.9. The molecule has 0 heterocycles. The Morgan fingerprint density at radius 2 is 2.32 bits per heavy atom. The van der Waals surface area contributed by atoms with Crippen LogP contribution in [0.1, 0.15) is 37.9 Å². The molecule has 0 saturated heterocycles. The number of aliphatic hydroxyl groups is 1. The Balaban J connectivity index is 1.86. The predicted molar refractivity (Wildman–Crippen MR) is 76.1 cm³/mol. The van der Waals surface area contributed by atoms with Gasteiger partial charge in [0.05, 0.1) is 19.1 Å². The van der Waals surface area contributed by atoms with Crippen molar-refractivity contribution in [3.8, 4) is 5.75 Å². The summed E-state index contributed by atoms with van der Waals surface area (Å²) in [5.74, 6) is 0.649. The number of rotatable bonds is 6. The number of nitrogens with one attached hydrogen (secondary N) is 1. The van der Waals surface area contributed by atoms with Crippen molar-refractivity contribution in [3.63, 3.8) is 0 Å². The second-order valence-corrected chi connectivity index (χ2v) is 5.71. The van der Waals surface area contributed by atoms with Crippen LogP contribution in [0.2, 0.25) is 0 Å². The summed E-state index contributed by atoms with van der Waals surface area (Å²) in [4.78, 5) is 11.5. The van der Waals surface area contributed by atoms with Crippen LogP contribution in [0.15, 0.2) is 22.7 Å². The molecule has 0 unspecified atom stereocenters. The fourth-order valence-corrected chi connectivity index (χ4v) is 2.14. The summed E-state index contributed by atoms with van der Waals surface area (Å²) in [6, 6.07) is 5.86. The summed E-state index contributed by atoms with van der Waals surface area (Å²) in [6.45, 7) is 2.01. The van der Waals surface area contributed by atoms with Crippen molar-refractivity contribution in [3.05, 3.63) is 28.2 Å². The van der Waals surface area contributed by atoms with Gasteiger partial charge in [-0.05, 0) is 38.0 Å². The smallest absolute Gasteiger partial charge is 0.223 e. The first-order valence-electron chi connectivity index (χ1n) is 6.46. The van der Waals surface area contributed by atoms with Crippen molar-refractivity contribution in [1.29, 1.82) is 0 Å². The van der Waals surface area contributed by atoms with Gasteiger partial charge in [0.15, 0.2) is 0 Å². The minimum absolute atomic E-state index is 0.0261. The third-order valence-corrected chi connectivity index (χ3v) is 3.44. The predicted octanol–water partition coefficient (Wildman–Crippen LogP) is 2.55. The van der Waals surface area contributed by atoms with Gasteiger partial charge >= 0.3 is 0 Å². The van der Waals surface area contributed by atoms with Gasteiger partial charge in [0.1, 0.15) is 5.75 Å². The number of halogens is 1. The van der Waals surface area contributed by atoms with E-state index in [1.165, 1.54) is 0 Å². The standard InChI is InChI=1S/C14H18BrNO3/c1-9(17)12-8-10(15)2-5-13(12)19-7-6-14(18)16-11-3-4-11/h2,5,8-9,11,17H,3-4,6-7H2,1H3,(H,16,18)/t9-/m0/s1. The summed E-state index contributed by atoms with van der Waals surface area (Å²) in [5, 5.41) is 12.6. The van der Waals surface area contributed by atoms with Gasteiger partial charge in [0, 0.05) is 16.1 Å². The van der Waals surface area contributed by atoms with Crippen molar-refractivity contribution in [2.45, 2.75) is 38.3 Å². The van der Waals surface area contributed by atoms with Crippen molar-refractivity contribution >= 4 is 21.8 Å². The van der Waals surface area contributed by atoms with Crippen molar-refractivity contribution in [2.75, 3.05) is 6.61 Å². The van der Waals surface area contributed by atoms with E-state index in [2.05, 4.69) is 21.2 Å². The Kier molecular flexibility index (Phi) is 4.82. The first-order chi connectivity index (χ1) is 9.06. The molecule has 2 N–H and O–H groups in total. The van der Waals surface area contributed by atoms with Crippen LogP contribution in [0.4, 0.5) is 0 Å². The molecule has 4 nitrogen and oxygen atoms in total. The summed E-state index contributed by atoms with van der Waals surface area (Å²) < 4.78 is 6.48. The van der Waals surface area contributed by atoms with E-state index in [4.69, 9.17) is 4.74 Å². The van der Waals surface area contributed by atoms with Gasteiger partial charge in [-0.25, -0.2) is 0 Å². The molecule has 1 aliphatic carbocycles. The monoisotopic (exact) mass is 327 g/mol. The molecule has 1 aliphatic rings. The molecule has 5 heteroatoms. The molecule has 1 atom stereocenters. The molecule has 104 valence electrons.